The fraction of sp³-hybridized carbons (Fsp3) is 0.500. The van der Waals surface area contributed by atoms with E-state index in [1.807, 2.05) is 0 Å². The predicted molar refractivity (Wildman–Crippen MR) is 84.2 cm³/mol. The van der Waals surface area contributed by atoms with Crippen LogP contribution in [0.25, 0.3) is 0 Å². The minimum atomic E-state index is -0.512. The highest BCUT2D eigenvalue weighted by Crippen LogP contribution is 2.23. The van der Waals surface area contributed by atoms with Crippen molar-refractivity contribution in [3.05, 3.63) is 39.4 Å². The van der Waals surface area contributed by atoms with E-state index in [4.69, 9.17) is 4.74 Å². The SMILES string of the molecule is Cc1ccc(C(C)NC(=O)C2CNCCO2)cc1[N+](=O)[O-].Cl. The van der Waals surface area contributed by atoms with Gasteiger partial charge in [0, 0.05) is 24.7 Å². The lowest BCUT2D eigenvalue weighted by Crippen LogP contribution is -2.48. The Morgan fingerprint density at radius 2 is 2.27 bits per heavy atom. The molecule has 1 saturated heterocycles. The van der Waals surface area contributed by atoms with Gasteiger partial charge in [-0.2, -0.15) is 0 Å². The van der Waals surface area contributed by atoms with Crippen LogP contribution in [0.1, 0.15) is 24.1 Å². The lowest BCUT2D eigenvalue weighted by atomic mass is 10.0. The summed E-state index contributed by atoms with van der Waals surface area (Å²) in [7, 11) is 0. The van der Waals surface area contributed by atoms with Crippen molar-refractivity contribution >= 4 is 24.0 Å². The number of hydrogen-bond acceptors (Lipinski definition) is 5. The van der Waals surface area contributed by atoms with E-state index >= 15 is 0 Å². The number of rotatable bonds is 4. The molecule has 122 valence electrons. The third-order valence-corrected chi connectivity index (χ3v) is 3.51. The Morgan fingerprint density at radius 3 is 2.86 bits per heavy atom. The first-order valence-electron chi connectivity index (χ1n) is 6.86. The van der Waals surface area contributed by atoms with Gasteiger partial charge in [0.25, 0.3) is 11.6 Å². The van der Waals surface area contributed by atoms with Gasteiger partial charge in [0.1, 0.15) is 6.10 Å². The number of amides is 1. The molecule has 2 atom stereocenters. The van der Waals surface area contributed by atoms with E-state index in [2.05, 4.69) is 10.6 Å². The van der Waals surface area contributed by atoms with E-state index in [0.717, 1.165) is 6.54 Å². The lowest BCUT2D eigenvalue weighted by Gasteiger charge is -2.24. The third-order valence-electron chi connectivity index (χ3n) is 3.51. The van der Waals surface area contributed by atoms with Gasteiger partial charge in [0.2, 0.25) is 0 Å². The molecule has 0 bridgehead atoms. The topological polar surface area (TPSA) is 93.5 Å². The summed E-state index contributed by atoms with van der Waals surface area (Å²) in [6, 6.07) is 4.66. The number of nitrogens with one attached hydrogen (secondary N) is 2. The van der Waals surface area contributed by atoms with Crippen LogP contribution in [0.3, 0.4) is 0 Å². The Hall–Kier alpha value is -1.70. The van der Waals surface area contributed by atoms with Gasteiger partial charge >= 0.3 is 0 Å². The van der Waals surface area contributed by atoms with E-state index in [1.54, 1.807) is 26.0 Å². The summed E-state index contributed by atoms with van der Waals surface area (Å²) >= 11 is 0. The second-order valence-electron chi connectivity index (χ2n) is 5.10. The smallest absolute Gasteiger partial charge is 0.272 e. The number of nitro groups is 1. The van der Waals surface area contributed by atoms with Crippen molar-refractivity contribution in [2.45, 2.75) is 26.0 Å². The molecule has 0 saturated carbocycles. The minimum Gasteiger partial charge on any atom is -0.366 e. The van der Waals surface area contributed by atoms with Crippen molar-refractivity contribution < 1.29 is 14.5 Å². The Balaban J connectivity index is 0.00000242. The fourth-order valence-electron chi connectivity index (χ4n) is 2.22. The normalized spacial score (nSPS) is 18.9. The molecule has 1 amide bonds. The van der Waals surface area contributed by atoms with Crippen LogP contribution in [0.2, 0.25) is 0 Å². The van der Waals surface area contributed by atoms with Gasteiger partial charge in [-0.3, -0.25) is 14.9 Å². The number of ether oxygens (including phenoxy) is 1. The Kier molecular flexibility index (Phi) is 6.73. The molecule has 2 N–H and O–H groups in total. The van der Waals surface area contributed by atoms with Gasteiger partial charge < -0.3 is 15.4 Å². The molecule has 0 aliphatic carbocycles. The number of aryl methyl sites for hydroxylation is 1. The van der Waals surface area contributed by atoms with E-state index in [9.17, 15) is 14.9 Å². The lowest BCUT2D eigenvalue weighted by molar-refractivity contribution is -0.385. The number of carbonyl (C=O) groups is 1. The van der Waals surface area contributed by atoms with Crippen molar-refractivity contribution in [1.82, 2.24) is 10.6 Å². The summed E-state index contributed by atoms with van der Waals surface area (Å²) < 4.78 is 5.37. The van der Waals surface area contributed by atoms with E-state index in [0.29, 0.717) is 24.3 Å². The van der Waals surface area contributed by atoms with Crippen molar-refractivity contribution in [3.63, 3.8) is 0 Å². The van der Waals surface area contributed by atoms with E-state index in [1.165, 1.54) is 6.07 Å². The maximum Gasteiger partial charge on any atom is 0.272 e. The van der Waals surface area contributed by atoms with Gasteiger partial charge in [0.05, 0.1) is 17.6 Å². The van der Waals surface area contributed by atoms with Crippen molar-refractivity contribution in [2.24, 2.45) is 0 Å². The molecule has 22 heavy (non-hydrogen) atoms. The number of benzene rings is 1. The van der Waals surface area contributed by atoms with Crippen molar-refractivity contribution in [2.75, 3.05) is 19.7 Å². The van der Waals surface area contributed by atoms with Crippen LogP contribution in [-0.2, 0) is 9.53 Å². The number of hydrogen-bond donors (Lipinski definition) is 2. The van der Waals surface area contributed by atoms with Crippen molar-refractivity contribution in [3.8, 4) is 0 Å². The first kappa shape index (κ1) is 18.3. The molecule has 1 aromatic rings. The number of morpholine rings is 1. The maximum absolute atomic E-state index is 12.1. The third kappa shape index (κ3) is 4.40. The summed E-state index contributed by atoms with van der Waals surface area (Å²) in [5, 5.41) is 16.9. The summed E-state index contributed by atoms with van der Waals surface area (Å²) in [4.78, 5) is 22.6. The maximum atomic E-state index is 12.1. The van der Waals surface area contributed by atoms with Gasteiger partial charge in [-0.1, -0.05) is 12.1 Å². The molecule has 1 aliphatic heterocycles. The molecule has 0 aromatic heterocycles. The molecule has 0 spiro atoms. The summed E-state index contributed by atoms with van der Waals surface area (Å²) in [6.45, 7) is 5.20. The zero-order valence-electron chi connectivity index (χ0n) is 12.5. The molecule has 8 heteroatoms. The quantitative estimate of drug-likeness (QED) is 0.645. The Labute approximate surface area is 135 Å². The van der Waals surface area contributed by atoms with Gasteiger partial charge in [-0.05, 0) is 19.4 Å². The molecule has 7 nitrogen and oxygen atoms in total. The zero-order chi connectivity index (χ0) is 15.4. The molecular weight excluding hydrogens is 310 g/mol. The average Bonchev–Trinajstić information content (AvgIpc) is 2.48. The molecule has 1 fully saturated rings. The number of halogens is 1. The first-order valence-corrected chi connectivity index (χ1v) is 6.86. The van der Waals surface area contributed by atoms with Crippen LogP contribution in [0.5, 0.6) is 0 Å². The highest BCUT2D eigenvalue weighted by atomic mass is 35.5. The van der Waals surface area contributed by atoms with Crippen LogP contribution in [0.15, 0.2) is 18.2 Å². The largest absolute Gasteiger partial charge is 0.366 e. The number of carbonyl (C=O) groups excluding carboxylic acids is 1. The predicted octanol–water partition coefficient (Wildman–Crippen LogP) is 1.49. The first-order chi connectivity index (χ1) is 9.99. The molecular formula is C14H20ClN3O4. The number of nitro benzene ring substituents is 1. The van der Waals surface area contributed by atoms with Crippen LogP contribution >= 0.6 is 12.4 Å². The molecule has 2 unspecified atom stereocenters. The molecule has 2 rings (SSSR count). The molecule has 1 heterocycles. The second kappa shape index (κ2) is 8.07. The summed E-state index contributed by atoms with van der Waals surface area (Å²) in [5.41, 5.74) is 1.36. The Bertz CT molecular complexity index is 547. The highest BCUT2D eigenvalue weighted by molar-refractivity contribution is 5.85. The molecule has 0 radical (unpaired) electrons. The standard InChI is InChI=1S/C14H19N3O4.ClH/c1-9-3-4-11(7-12(9)17(19)20)10(2)16-14(18)13-8-15-5-6-21-13;/h3-4,7,10,13,15H,5-6,8H2,1-2H3,(H,16,18);1H. The highest BCUT2D eigenvalue weighted by Gasteiger charge is 2.24. The van der Waals surface area contributed by atoms with Crippen LogP contribution in [-0.4, -0.2) is 36.6 Å². The molecule has 1 aromatic carbocycles. The molecule has 1 aliphatic rings. The monoisotopic (exact) mass is 329 g/mol. The van der Waals surface area contributed by atoms with Crippen LogP contribution < -0.4 is 10.6 Å². The average molecular weight is 330 g/mol. The van der Waals surface area contributed by atoms with Gasteiger partial charge in [0.15, 0.2) is 0 Å². The zero-order valence-corrected chi connectivity index (χ0v) is 13.3. The Morgan fingerprint density at radius 1 is 1.55 bits per heavy atom. The van der Waals surface area contributed by atoms with Gasteiger partial charge in [-0.15, -0.1) is 12.4 Å². The fourth-order valence-corrected chi connectivity index (χ4v) is 2.22. The summed E-state index contributed by atoms with van der Waals surface area (Å²) in [6.07, 6.45) is -0.512. The number of nitrogens with zero attached hydrogens (tertiary/aromatic N) is 1. The van der Waals surface area contributed by atoms with Gasteiger partial charge in [-0.25, -0.2) is 0 Å². The summed E-state index contributed by atoms with van der Waals surface area (Å²) in [5.74, 6) is -0.210. The van der Waals surface area contributed by atoms with Crippen LogP contribution in [0, 0.1) is 17.0 Å². The van der Waals surface area contributed by atoms with Crippen molar-refractivity contribution in [1.29, 1.82) is 0 Å². The van der Waals surface area contributed by atoms with E-state index < -0.39 is 11.0 Å². The van der Waals surface area contributed by atoms with E-state index in [-0.39, 0.29) is 30.0 Å². The second-order valence-corrected chi connectivity index (χ2v) is 5.10. The van der Waals surface area contributed by atoms with Crippen LogP contribution in [0.4, 0.5) is 5.69 Å². The minimum absolute atomic E-state index is 0.